The number of aromatic amines is 1. The first-order chi connectivity index (χ1) is 18.2. The van der Waals surface area contributed by atoms with Gasteiger partial charge in [-0.25, -0.2) is 0 Å². The second-order valence-electron chi connectivity index (χ2n) is 11.2. The van der Waals surface area contributed by atoms with Crippen molar-refractivity contribution in [3.05, 3.63) is 107 Å². The number of carbonyl (C=O) groups excluding carboxylic acids is 1. The molecule has 3 heteroatoms. The van der Waals surface area contributed by atoms with Crippen LogP contribution in [0.4, 0.5) is 0 Å². The fourth-order valence-corrected chi connectivity index (χ4v) is 6.59. The van der Waals surface area contributed by atoms with Crippen molar-refractivity contribution < 1.29 is 4.79 Å². The molecular weight excluding hydrogens is 452 g/mol. The number of carbonyl (C=O) groups is 1. The average molecular weight is 491 g/mol. The van der Waals surface area contributed by atoms with Crippen LogP contribution in [0.3, 0.4) is 0 Å². The van der Waals surface area contributed by atoms with Crippen molar-refractivity contribution >= 4 is 16.7 Å². The number of H-pyrrole nitrogens is 1. The van der Waals surface area contributed by atoms with E-state index < -0.39 is 0 Å². The fourth-order valence-electron chi connectivity index (χ4n) is 6.59. The highest BCUT2D eigenvalue weighted by Gasteiger charge is 2.31. The maximum Gasteiger partial charge on any atom is 0.182 e. The van der Waals surface area contributed by atoms with E-state index in [1.165, 1.54) is 59.7 Å². The molecule has 1 heterocycles. The summed E-state index contributed by atoms with van der Waals surface area (Å²) in [6.45, 7) is 2.72. The normalized spacial score (nSPS) is 18.4. The van der Waals surface area contributed by atoms with Crippen molar-refractivity contribution in [3.63, 3.8) is 0 Å². The van der Waals surface area contributed by atoms with Crippen LogP contribution in [0.2, 0.25) is 0 Å². The number of hydrogen-bond acceptors (Lipinski definition) is 2. The third kappa shape index (κ3) is 5.43. The first-order valence-corrected chi connectivity index (χ1v) is 14.2. The van der Waals surface area contributed by atoms with Crippen molar-refractivity contribution in [2.75, 3.05) is 6.54 Å². The van der Waals surface area contributed by atoms with Gasteiger partial charge in [-0.3, -0.25) is 9.69 Å². The molecule has 37 heavy (non-hydrogen) atoms. The molecule has 2 aliphatic rings. The van der Waals surface area contributed by atoms with Crippen LogP contribution in [0, 0.1) is 5.92 Å². The second-order valence-corrected chi connectivity index (χ2v) is 11.2. The Bertz CT molecular complexity index is 1290. The standard InChI is InChI=1S/C34H38N2O/c37-34-28(20-21-36(23-25-10-4-1-5-11-25)24-26-12-6-2-7-13-26)16-18-30-31-22-29(27-14-8-3-9-15-27)17-19-32(31)35-33(30)34/h1-2,4-7,10-13,17,19,22,27-28,35H,3,8-9,14-16,18,20-21,23-24H2. The lowest BCUT2D eigenvalue weighted by atomic mass is 9.82. The van der Waals surface area contributed by atoms with E-state index >= 15 is 0 Å². The number of aryl methyl sites for hydroxylation is 1. The Morgan fingerprint density at radius 2 is 1.46 bits per heavy atom. The quantitative estimate of drug-likeness (QED) is 0.271. The third-order valence-electron chi connectivity index (χ3n) is 8.66. The van der Waals surface area contributed by atoms with Crippen molar-refractivity contribution in [2.45, 2.75) is 70.4 Å². The van der Waals surface area contributed by atoms with Gasteiger partial charge < -0.3 is 4.98 Å². The fraction of sp³-hybridized carbons (Fsp3) is 0.382. The summed E-state index contributed by atoms with van der Waals surface area (Å²) in [6, 6.07) is 28.3. The number of hydrogen-bond donors (Lipinski definition) is 1. The Kier molecular flexibility index (Phi) is 7.23. The van der Waals surface area contributed by atoms with Gasteiger partial charge in [0, 0.05) is 29.9 Å². The molecule has 6 rings (SSSR count). The SMILES string of the molecule is O=C1c2[nH]c3ccc(C4CCCCC4)cc3c2CCC1CCN(Cc1ccccc1)Cc1ccccc1. The number of rotatable bonds is 8. The monoisotopic (exact) mass is 490 g/mol. The maximum absolute atomic E-state index is 13.7. The molecule has 3 aromatic carbocycles. The Balaban J connectivity index is 1.17. The molecular formula is C34H38N2O. The van der Waals surface area contributed by atoms with Crippen molar-refractivity contribution in [1.29, 1.82) is 0 Å². The summed E-state index contributed by atoms with van der Waals surface area (Å²) in [4.78, 5) is 19.7. The van der Waals surface area contributed by atoms with Crippen LogP contribution in [-0.4, -0.2) is 22.2 Å². The van der Waals surface area contributed by atoms with E-state index in [9.17, 15) is 4.79 Å². The number of fused-ring (bicyclic) bond motifs is 3. The van der Waals surface area contributed by atoms with Gasteiger partial charge in [-0.2, -0.15) is 0 Å². The molecule has 0 bridgehead atoms. The molecule has 0 saturated heterocycles. The van der Waals surface area contributed by atoms with E-state index in [1.807, 2.05) is 0 Å². The average Bonchev–Trinajstić information content (AvgIpc) is 3.33. The highest BCUT2D eigenvalue weighted by Crippen LogP contribution is 2.37. The molecule has 0 radical (unpaired) electrons. The van der Waals surface area contributed by atoms with E-state index in [-0.39, 0.29) is 5.92 Å². The van der Waals surface area contributed by atoms with Gasteiger partial charge >= 0.3 is 0 Å². The number of benzene rings is 3. The lowest BCUT2D eigenvalue weighted by Gasteiger charge is -2.27. The number of nitrogens with one attached hydrogen (secondary N) is 1. The molecule has 1 unspecified atom stereocenters. The van der Waals surface area contributed by atoms with E-state index in [1.54, 1.807) is 0 Å². The molecule has 1 fully saturated rings. The van der Waals surface area contributed by atoms with Gasteiger partial charge in [0.05, 0.1) is 5.69 Å². The van der Waals surface area contributed by atoms with Crippen molar-refractivity contribution in [2.24, 2.45) is 5.92 Å². The van der Waals surface area contributed by atoms with Crippen LogP contribution in [-0.2, 0) is 19.5 Å². The summed E-state index contributed by atoms with van der Waals surface area (Å²) >= 11 is 0. The zero-order valence-electron chi connectivity index (χ0n) is 21.8. The van der Waals surface area contributed by atoms with Gasteiger partial charge in [0.1, 0.15) is 0 Å². The van der Waals surface area contributed by atoms with Crippen molar-refractivity contribution in [1.82, 2.24) is 9.88 Å². The topological polar surface area (TPSA) is 36.1 Å². The largest absolute Gasteiger partial charge is 0.352 e. The van der Waals surface area contributed by atoms with Gasteiger partial charge in [0.25, 0.3) is 0 Å². The van der Waals surface area contributed by atoms with Gasteiger partial charge in [0.2, 0.25) is 0 Å². The van der Waals surface area contributed by atoms with E-state index in [4.69, 9.17) is 0 Å². The van der Waals surface area contributed by atoms with Crippen LogP contribution in [0.1, 0.15) is 83.6 Å². The summed E-state index contributed by atoms with van der Waals surface area (Å²) < 4.78 is 0. The Morgan fingerprint density at radius 3 is 2.14 bits per heavy atom. The molecule has 1 saturated carbocycles. The van der Waals surface area contributed by atoms with E-state index in [0.29, 0.717) is 11.7 Å². The minimum Gasteiger partial charge on any atom is -0.352 e. The van der Waals surface area contributed by atoms with E-state index in [2.05, 4.69) is 88.7 Å². The second kappa shape index (κ2) is 11.1. The molecule has 1 aromatic heterocycles. The van der Waals surface area contributed by atoms with Gasteiger partial charge in [-0.15, -0.1) is 0 Å². The highest BCUT2D eigenvalue weighted by molar-refractivity contribution is 6.04. The predicted octanol–water partition coefficient (Wildman–Crippen LogP) is 8.05. The summed E-state index contributed by atoms with van der Waals surface area (Å²) in [5, 5.41) is 1.29. The molecule has 190 valence electrons. The number of Topliss-reactive ketones (excluding diaryl/α,β-unsaturated/α-hetero) is 1. The minimum atomic E-state index is 0.0902. The summed E-state index contributed by atoms with van der Waals surface area (Å²) in [5.74, 6) is 1.10. The van der Waals surface area contributed by atoms with Gasteiger partial charge in [-0.1, -0.05) is 86.0 Å². The lowest BCUT2D eigenvalue weighted by molar-refractivity contribution is 0.0876. The molecule has 2 aliphatic carbocycles. The maximum atomic E-state index is 13.7. The lowest BCUT2D eigenvalue weighted by Crippen LogP contribution is -2.29. The number of ketones is 1. The van der Waals surface area contributed by atoms with Gasteiger partial charge in [0.15, 0.2) is 5.78 Å². The van der Waals surface area contributed by atoms with E-state index in [0.717, 1.165) is 50.1 Å². The first kappa shape index (κ1) is 24.2. The molecule has 4 aromatic rings. The molecule has 0 aliphatic heterocycles. The Morgan fingerprint density at radius 1 is 0.784 bits per heavy atom. The van der Waals surface area contributed by atoms with Crippen LogP contribution in [0.25, 0.3) is 10.9 Å². The zero-order valence-corrected chi connectivity index (χ0v) is 21.8. The van der Waals surface area contributed by atoms with Crippen molar-refractivity contribution in [3.8, 4) is 0 Å². The van der Waals surface area contributed by atoms with Gasteiger partial charge in [-0.05, 0) is 79.0 Å². The molecule has 3 nitrogen and oxygen atoms in total. The van der Waals surface area contributed by atoms with Crippen LogP contribution >= 0.6 is 0 Å². The smallest absolute Gasteiger partial charge is 0.182 e. The van der Waals surface area contributed by atoms with Crippen LogP contribution < -0.4 is 0 Å². The molecule has 0 amide bonds. The summed E-state index contributed by atoms with van der Waals surface area (Å²) in [5.41, 5.74) is 7.39. The number of aromatic nitrogens is 1. The molecule has 1 N–H and O–H groups in total. The number of nitrogens with zero attached hydrogens (tertiary/aromatic N) is 1. The highest BCUT2D eigenvalue weighted by atomic mass is 16.1. The summed E-state index contributed by atoms with van der Waals surface area (Å²) in [6.07, 6.45) is 9.54. The van der Waals surface area contributed by atoms with Crippen LogP contribution in [0.5, 0.6) is 0 Å². The summed E-state index contributed by atoms with van der Waals surface area (Å²) in [7, 11) is 0. The Hall–Kier alpha value is -3.17. The molecule has 0 spiro atoms. The zero-order chi connectivity index (χ0) is 25.0. The Labute approximate surface area is 220 Å². The predicted molar refractivity (Wildman–Crippen MR) is 152 cm³/mol. The third-order valence-corrected chi connectivity index (χ3v) is 8.66. The molecule has 1 atom stereocenters. The van der Waals surface area contributed by atoms with Crippen LogP contribution in [0.15, 0.2) is 78.9 Å². The minimum absolute atomic E-state index is 0.0902. The first-order valence-electron chi connectivity index (χ1n) is 14.2.